The van der Waals surface area contributed by atoms with Crippen LogP contribution >= 0.6 is 0 Å². The van der Waals surface area contributed by atoms with Crippen LogP contribution in [0, 0.1) is 17.9 Å². The molecule has 0 bridgehead atoms. The zero-order chi connectivity index (χ0) is 10.9. The summed E-state index contributed by atoms with van der Waals surface area (Å²) in [6.07, 6.45) is 0. The van der Waals surface area contributed by atoms with Crippen LogP contribution in [-0.4, -0.2) is 23.1 Å². The molecular formula is C8N2O4. The van der Waals surface area contributed by atoms with Crippen LogP contribution in [0.2, 0.25) is 0 Å². The van der Waals surface area contributed by atoms with E-state index in [9.17, 15) is 19.2 Å². The molecule has 0 heterocycles. The Bertz CT molecular complexity index is 454. The van der Waals surface area contributed by atoms with Gasteiger partial charge in [-0.05, 0) is 0 Å². The number of allylic oxidation sites excluding steroid dienone is 2. The highest BCUT2D eigenvalue weighted by atomic mass is 16.2. The van der Waals surface area contributed by atoms with Gasteiger partial charge in [-0.25, -0.2) is 10.1 Å². The summed E-state index contributed by atoms with van der Waals surface area (Å²) in [5, 5.41) is 8.35. The van der Waals surface area contributed by atoms with Gasteiger partial charge in [-0.3, -0.25) is 19.2 Å². The molecule has 0 amide bonds. The molecule has 14 heavy (non-hydrogen) atoms. The Kier molecular flexibility index (Phi) is 2.06. The zero-order valence-corrected chi connectivity index (χ0v) is 6.53. The lowest BCUT2D eigenvalue weighted by molar-refractivity contribution is -0.142. The van der Waals surface area contributed by atoms with Gasteiger partial charge in [0.1, 0.15) is 0 Å². The molecule has 66 valence electrons. The summed E-state index contributed by atoms with van der Waals surface area (Å²) in [7, 11) is 0. The van der Waals surface area contributed by atoms with Gasteiger partial charge in [0.2, 0.25) is 11.6 Å². The van der Waals surface area contributed by atoms with Crippen molar-refractivity contribution in [2.45, 2.75) is 0 Å². The van der Waals surface area contributed by atoms with Crippen molar-refractivity contribution < 1.29 is 19.2 Å². The van der Waals surface area contributed by atoms with Crippen LogP contribution in [0.4, 0.5) is 0 Å². The average Bonchev–Trinajstić information content (AvgIpc) is 2.37. The maximum absolute atomic E-state index is 10.9. The summed E-state index contributed by atoms with van der Waals surface area (Å²) in [6.45, 7) is 6.45. The Labute approximate surface area is 77.2 Å². The monoisotopic (exact) mass is 188 g/mol. The molecule has 0 saturated heterocycles. The minimum atomic E-state index is -1.48. The molecule has 0 unspecified atom stereocenters. The molecule has 6 nitrogen and oxygen atoms in total. The Hall–Kier alpha value is -2.60. The number of hydrogen-bond donors (Lipinski definition) is 0. The molecular weight excluding hydrogens is 188 g/mol. The molecule has 0 N–H and O–H groups in total. The van der Waals surface area contributed by atoms with E-state index in [1.807, 2.05) is 0 Å². The SMILES string of the molecule is [C-]#[N+]C(C#N)=C1C(=O)C(=O)C(=O)C1=O. The molecule has 0 aromatic heterocycles. The Morgan fingerprint density at radius 1 is 1.07 bits per heavy atom. The topological polar surface area (TPSA) is 96.4 Å². The lowest BCUT2D eigenvalue weighted by Crippen LogP contribution is -2.15. The maximum Gasteiger partial charge on any atom is 0.277 e. The fourth-order valence-electron chi connectivity index (χ4n) is 0.888. The Morgan fingerprint density at radius 2 is 1.50 bits per heavy atom. The Balaban J connectivity index is 3.52. The first-order chi connectivity index (χ1) is 6.54. The third kappa shape index (κ3) is 1.03. The van der Waals surface area contributed by atoms with E-state index >= 15 is 0 Å². The first-order valence-electron chi connectivity index (χ1n) is 3.24. The van der Waals surface area contributed by atoms with Gasteiger partial charge < -0.3 is 0 Å². The largest absolute Gasteiger partial charge is 0.286 e. The third-order valence-electron chi connectivity index (χ3n) is 1.53. The van der Waals surface area contributed by atoms with E-state index in [-0.39, 0.29) is 0 Å². The van der Waals surface area contributed by atoms with Crippen LogP contribution in [0.5, 0.6) is 0 Å². The Morgan fingerprint density at radius 3 is 1.79 bits per heavy atom. The van der Waals surface area contributed by atoms with E-state index in [0.29, 0.717) is 0 Å². The summed E-state index contributed by atoms with van der Waals surface area (Å²) >= 11 is 0. The summed E-state index contributed by atoms with van der Waals surface area (Å²) in [5.41, 5.74) is -1.73. The molecule has 1 fully saturated rings. The molecule has 0 radical (unpaired) electrons. The van der Waals surface area contributed by atoms with Crippen LogP contribution in [-0.2, 0) is 19.2 Å². The van der Waals surface area contributed by atoms with Crippen molar-refractivity contribution in [2.75, 3.05) is 0 Å². The van der Waals surface area contributed by atoms with Crippen LogP contribution < -0.4 is 0 Å². The lowest BCUT2D eigenvalue weighted by atomic mass is 10.1. The third-order valence-corrected chi connectivity index (χ3v) is 1.53. The van der Waals surface area contributed by atoms with E-state index < -0.39 is 34.4 Å². The van der Waals surface area contributed by atoms with E-state index in [4.69, 9.17) is 11.8 Å². The fourth-order valence-corrected chi connectivity index (χ4v) is 0.888. The summed E-state index contributed by atoms with van der Waals surface area (Å²) in [5.74, 6) is -5.71. The highest BCUT2D eigenvalue weighted by Crippen LogP contribution is 2.16. The van der Waals surface area contributed by atoms with Gasteiger partial charge in [-0.2, -0.15) is 0 Å². The van der Waals surface area contributed by atoms with E-state index in [1.54, 1.807) is 0 Å². The van der Waals surface area contributed by atoms with Crippen LogP contribution in [0.1, 0.15) is 0 Å². The zero-order valence-electron chi connectivity index (χ0n) is 6.53. The van der Waals surface area contributed by atoms with Crippen molar-refractivity contribution in [2.24, 2.45) is 0 Å². The van der Waals surface area contributed by atoms with Crippen molar-refractivity contribution in [1.82, 2.24) is 0 Å². The molecule has 0 aromatic carbocycles. The number of nitriles is 1. The number of hydrogen-bond acceptors (Lipinski definition) is 5. The maximum atomic E-state index is 10.9. The average molecular weight is 188 g/mol. The van der Waals surface area contributed by atoms with Gasteiger partial charge in [0.05, 0.1) is 18.2 Å². The fraction of sp³-hybridized carbons (Fsp3) is 0. The second-order valence-electron chi connectivity index (χ2n) is 2.26. The van der Waals surface area contributed by atoms with E-state index in [1.165, 1.54) is 6.07 Å². The molecule has 0 atom stereocenters. The van der Waals surface area contributed by atoms with Gasteiger partial charge in [-0.15, -0.1) is 0 Å². The van der Waals surface area contributed by atoms with E-state index in [2.05, 4.69) is 4.85 Å². The number of Topliss-reactive ketones (excluding diaryl/α,β-unsaturated/α-hetero) is 4. The number of carbonyl (C=O) groups is 4. The highest BCUT2D eigenvalue weighted by Gasteiger charge is 2.45. The molecule has 1 aliphatic rings. The van der Waals surface area contributed by atoms with Gasteiger partial charge >= 0.3 is 0 Å². The van der Waals surface area contributed by atoms with Crippen molar-refractivity contribution in [1.29, 1.82) is 5.26 Å². The summed E-state index contributed by atoms with van der Waals surface area (Å²) in [6, 6.07) is 1.27. The predicted molar refractivity (Wildman–Crippen MR) is 39.3 cm³/mol. The first-order valence-corrected chi connectivity index (χ1v) is 3.24. The number of ketones is 4. The number of carbonyl (C=O) groups excluding carboxylic acids is 4. The molecule has 0 spiro atoms. The van der Waals surface area contributed by atoms with Crippen molar-refractivity contribution in [3.63, 3.8) is 0 Å². The minimum Gasteiger partial charge on any atom is -0.286 e. The molecule has 1 rings (SSSR count). The van der Waals surface area contributed by atoms with Crippen LogP contribution in [0.3, 0.4) is 0 Å². The quantitative estimate of drug-likeness (QED) is 0.159. The molecule has 6 heteroatoms. The second-order valence-corrected chi connectivity index (χ2v) is 2.26. The standard InChI is InChI=1S/C8N2O4/c1-10-3(2-9)4-5(11)7(13)8(14)6(4)12. The molecule has 1 saturated carbocycles. The summed E-state index contributed by atoms with van der Waals surface area (Å²) < 4.78 is 0. The highest BCUT2D eigenvalue weighted by molar-refractivity contribution is 6.91. The minimum absolute atomic E-state index is 0.820. The van der Waals surface area contributed by atoms with Crippen molar-refractivity contribution in [3.05, 3.63) is 22.7 Å². The predicted octanol–water partition coefficient (Wildman–Crippen LogP) is -1.03. The molecule has 0 aliphatic heterocycles. The summed E-state index contributed by atoms with van der Waals surface area (Å²) in [4.78, 5) is 45.9. The van der Waals surface area contributed by atoms with Gasteiger partial charge in [0, 0.05) is 0 Å². The smallest absolute Gasteiger partial charge is 0.277 e. The van der Waals surface area contributed by atoms with Crippen LogP contribution in [0.15, 0.2) is 11.3 Å². The van der Waals surface area contributed by atoms with Gasteiger partial charge in [-0.1, -0.05) is 0 Å². The first kappa shape index (κ1) is 9.49. The number of nitrogens with zero attached hydrogens (tertiary/aromatic N) is 2. The lowest BCUT2D eigenvalue weighted by Gasteiger charge is -1.87. The van der Waals surface area contributed by atoms with Crippen molar-refractivity contribution in [3.8, 4) is 6.07 Å². The van der Waals surface area contributed by atoms with Gasteiger partial charge in [0.15, 0.2) is 0 Å². The second kappa shape index (κ2) is 3.04. The van der Waals surface area contributed by atoms with E-state index in [0.717, 1.165) is 0 Å². The van der Waals surface area contributed by atoms with Gasteiger partial charge in [0.25, 0.3) is 17.3 Å². The molecule has 1 aliphatic carbocycles. The number of rotatable bonds is 0. The normalized spacial score (nSPS) is 15.4. The van der Waals surface area contributed by atoms with Crippen molar-refractivity contribution >= 4 is 23.1 Å². The van der Waals surface area contributed by atoms with Crippen LogP contribution in [0.25, 0.3) is 4.85 Å². The molecule has 0 aromatic rings.